The summed E-state index contributed by atoms with van der Waals surface area (Å²) >= 11 is 0. The summed E-state index contributed by atoms with van der Waals surface area (Å²) in [6, 6.07) is 0. The summed E-state index contributed by atoms with van der Waals surface area (Å²) in [7, 11) is 0. The van der Waals surface area contributed by atoms with Crippen molar-refractivity contribution in [3.8, 4) is 0 Å². The number of unbranched alkanes of at least 4 members (excludes halogenated alkanes) is 23. The normalized spacial score (nSPS) is 12.5. The molecular weight excluding hydrogens is 721 g/mol. The molecule has 0 aliphatic rings. The minimum Gasteiger partial charge on any atom is -0.462 e. The fourth-order valence-corrected chi connectivity index (χ4v) is 6.59. The molecule has 0 amide bonds. The lowest BCUT2D eigenvalue weighted by atomic mass is 10.1. The Labute approximate surface area is 358 Å². The maximum absolute atomic E-state index is 12.7. The highest BCUT2D eigenvalue weighted by Gasteiger charge is 2.19. The molecule has 0 heterocycles. The van der Waals surface area contributed by atoms with Gasteiger partial charge in [0.05, 0.1) is 0 Å². The van der Waals surface area contributed by atoms with Gasteiger partial charge in [0.15, 0.2) is 6.10 Å². The van der Waals surface area contributed by atoms with Crippen molar-refractivity contribution in [1.29, 1.82) is 0 Å². The third kappa shape index (κ3) is 44.2. The van der Waals surface area contributed by atoms with E-state index in [9.17, 15) is 14.4 Å². The Morgan fingerprint density at radius 2 is 0.741 bits per heavy atom. The minimum atomic E-state index is -0.791. The summed E-state index contributed by atoms with van der Waals surface area (Å²) in [6.45, 7) is 6.42. The SMILES string of the molecule is CC/C=C\C/C=C\CCCCCCCC(=O)OC(COC(=O)CCC/C=C\CCCCCC)COC(=O)CCCCCCCCCCCC/C=C\C=C/CCCCC. The number of allylic oxidation sites excluding steroid dienone is 10. The van der Waals surface area contributed by atoms with Crippen molar-refractivity contribution in [2.75, 3.05) is 13.2 Å². The molecule has 334 valence electrons. The van der Waals surface area contributed by atoms with Crippen LogP contribution in [0.4, 0.5) is 0 Å². The maximum atomic E-state index is 12.7. The number of hydrogen-bond acceptors (Lipinski definition) is 6. The van der Waals surface area contributed by atoms with Crippen molar-refractivity contribution in [2.45, 2.75) is 239 Å². The van der Waals surface area contributed by atoms with Gasteiger partial charge < -0.3 is 14.2 Å². The van der Waals surface area contributed by atoms with Crippen LogP contribution in [0.3, 0.4) is 0 Å². The van der Waals surface area contributed by atoms with Crippen LogP contribution < -0.4 is 0 Å². The maximum Gasteiger partial charge on any atom is 0.306 e. The van der Waals surface area contributed by atoms with Crippen LogP contribution in [0, 0.1) is 0 Å². The van der Waals surface area contributed by atoms with Gasteiger partial charge in [-0.2, -0.15) is 0 Å². The molecule has 1 unspecified atom stereocenters. The first kappa shape index (κ1) is 55.1. The Hall–Kier alpha value is -2.89. The Kier molecular flexibility index (Phi) is 44.5. The van der Waals surface area contributed by atoms with Crippen LogP contribution in [-0.4, -0.2) is 37.2 Å². The third-order valence-electron chi connectivity index (χ3n) is 10.3. The standard InChI is InChI=1S/C52H90O6/c1-4-7-10-13-16-19-21-23-24-25-26-27-28-29-31-33-36-39-42-45-51(54)57-48-49(47-56-50(53)44-41-38-35-32-18-15-12-9-6-3)58-52(55)46-43-40-37-34-30-22-20-17-14-11-8-5-2/h8,11,16-17,19-21,23,32,35,49H,4-7,9-10,12-15,18,22,24-31,33-34,36-48H2,1-3H3/b11-8-,19-16-,20-17-,23-21-,35-32-. The van der Waals surface area contributed by atoms with Gasteiger partial charge in [0.25, 0.3) is 0 Å². The number of carbonyl (C=O) groups excluding carboxylic acids is 3. The van der Waals surface area contributed by atoms with Crippen molar-refractivity contribution in [3.63, 3.8) is 0 Å². The molecule has 6 heteroatoms. The Balaban J connectivity index is 4.32. The van der Waals surface area contributed by atoms with Gasteiger partial charge in [-0.05, 0) is 89.9 Å². The van der Waals surface area contributed by atoms with Crippen LogP contribution in [0.15, 0.2) is 60.8 Å². The van der Waals surface area contributed by atoms with E-state index in [1.807, 2.05) is 0 Å². The molecule has 0 aromatic rings. The average Bonchev–Trinajstić information content (AvgIpc) is 3.22. The first-order valence-electron chi connectivity index (χ1n) is 24.3. The van der Waals surface area contributed by atoms with Crippen LogP contribution in [-0.2, 0) is 28.6 Å². The van der Waals surface area contributed by atoms with Crippen LogP contribution in [0.1, 0.15) is 233 Å². The number of hydrogen-bond donors (Lipinski definition) is 0. The van der Waals surface area contributed by atoms with Crippen molar-refractivity contribution < 1.29 is 28.6 Å². The predicted octanol–water partition coefficient (Wildman–Crippen LogP) is 15.7. The molecular formula is C52H90O6. The molecule has 0 bridgehead atoms. The molecule has 0 aromatic carbocycles. The van der Waals surface area contributed by atoms with Gasteiger partial charge in [-0.25, -0.2) is 0 Å². The van der Waals surface area contributed by atoms with Gasteiger partial charge >= 0.3 is 17.9 Å². The first-order valence-corrected chi connectivity index (χ1v) is 24.3. The molecule has 0 fully saturated rings. The van der Waals surface area contributed by atoms with E-state index < -0.39 is 6.10 Å². The number of ether oxygens (including phenoxy) is 3. The van der Waals surface area contributed by atoms with Crippen LogP contribution in [0.5, 0.6) is 0 Å². The topological polar surface area (TPSA) is 78.9 Å². The zero-order valence-electron chi connectivity index (χ0n) is 38.0. The lowest BCUT2D eigenvalue weighted by Crippen LogP contribution is -2.30. The van der Waals surface area contributed by atoms with Gasteiger partial charge in [-0.1, -0.05) is 184 Å². The zero-order chi connectivity index (χ0) is 42.3. The third-order valence-corrected chi connectivity index (χ3v) is 10.3. The fraction of sp³-hybridized carbons (Fsp3) is 0.750. The number of rotatable bonds is 43. The fourth-order valence-electron chi connectivity index (χ4n) is 6.59. The largest absolute Gasteiger partial charge is 0.462 e. The highest BCUT2D eigenvalue weighted by molar-refractivity contribution is 5.71. The van der Waals surface area contributed by atoms with E-state index in [1.165, 1.54) is 103 Å². The molecule has 1 atom stereocenters. The molecule has 0 aromatic heterocycles. The summed E-state index contributed by atoms with van der Waals surface area (Å²) in [5.74, 6) is -0.947. The Bertz CT molecular complexity index is 1070. The molecule has 58 heavy (non-hydrogen) atoms. The van der Waals surface area contributed by atoms with E-state index in [0.717, 1.165) is 83.5 Å². The van der Waals surface area contributed by atoms with E-state index in [-0.39, 0.29) is 31.1 Å². The highest BCUT2D eigenvalue weighted by Crippen LogP contribution is 2.14. The molecule has 0 rings (SSSR count). The molecule has 6 nitrogen and oxygen atoms in total. The van der Waals surface area contributed by atoms with Gasteiger partial charge in [0.1, 0.15) is 13.2 Å². The zero-order valence-corrected chi connectivity index (χ0v) is 38.0. The van der Waals surface area contributed by atoms with Gasteiger partial charge in [0.2, 0.25) is 0 Å². The van der Waals surface area contributed by atoms with E-state index in [2.05, 4.69) is 81.5 Å². The molecule has 0 aliphatic carbocycles. The quantitative estimate of drug-likeness (QED) is 0.0201. The summed E-state index contributed by atoms with van der Waals surface area (Å²) in [6.07, 6.45) is 56.4. The highest BCUT2D eigenvalue weighted by atomic mass is 16.6. The van der Waals surface area contributed by atoms with Crippen molar-refractivity contribution in [3.05, 3.63) is 60.8 Å². The molecule has 0 aliphatic heterocycles. The van der Waals surface area contributed by atoms with E-state index in [0.29, 0.717) is 25.7 Å². The molecule has 0 N–H and O–H groups in total. The first-order chi connectivity index (χ1) is 28.5. The second kappa shape index (κ2) is 46.8. The van der Waals surface area contributed by atoms with Crippen molar-refractivity contribution in [1.82, 2.24) is 0 Å². The van der Waals surface area contributed by atoms with Gasteiger partial charge in [-0.3, -0.25) is 14.4 Å². The van der Waals surface area contributed by atoms with Crippen molar-refractivity contribution in [2.24, 2.45) is 0 Å². The molecule has 0 spiro atoms. The Morgan fingerprint density at radius 3 is 1.26 bits per heavy atom. The van der Waals surface area contributed by atoms with E-state index in [1.54, 1.807) is 0 Å². The summed E-state index contributed by atoms with van der Waals surface area (Å²) in [5.41, 5.74) is 0. The number of esters is 3. The predicted molar refractivity (Wildman–Crippen MR) is 247 cm³/mol. The number of carbonyl (C=O) groups is 3. The van der Waals surface area contributed by atoms with Gasteiger partial charge in [-0.15, -0.1) is 0 Å². The molecule has 0 saturated carbocycles. The monoisotopic (exact) mass is 811 g/mol. The van der Waals surface area contributed by atoms with Gasteiger partial charge in [0, 0.05) is 19.3 Å². The van der Waals surface area contributed by atoms with Crippen molar-refractivity contribution >= 4 is 17.9 Å². The molecule has 0 radical (unpaired) electrons. The van der Waals surface area contributed by atoms with E-state index in [4.69, 9.17) is 14.2 Å². The summed E-state index contributed by atoms with van der Waals surface area (Å²) < 4.78 is 16.7. The Morgan fingerprint density at radius 1 is 0.379 bits per heavy atom. The van der Waals surface area contributed by atoms with Crippen LogP contribution >= 0.6 is 0 Å². The summed E-state index contributed by atoms with van der Waals surface area (Å²) in [5, 5.41) is 0. The summed E-state index contributed by atoms with van der Waals surface area (Å²) in [4.78, 5) is 37.7. The van der Waals surface area contributed by atoms with E-state index >= 15 is 0 Å². The lowest BCUT2D eigenvalue weighted by molar-refractivity contribution is -0.167. The second-order valence-corrected chi connectivity index (χ2v) is 16.0. The van der Waals surface area contributed by atoms with Crippen LogP contribution in [0.2, 0.25) is 0 Å². The minimum absolute atomic E-state index is 0.0904. The average molecular weight is 811 g/mol. The molecule has 0 saturated heterocycles. The second-order valence-electron chi connectivity index (χ2n) is 16.0. The lowest BCUT2D eigenvalue weighted by Gasteiger charge is -2.18. The van der Waals surface area contributed by atoms with Crippen LogP contribution in [0.25, 0.3) is 0 Å². The smallest absolute Gasteiger partial charge is 0.306 e.